The third kappa shape index (κ3) is 16.4. The Bertz CT molecular complexity index is 1400. The van der Waals surface area contributed by atoms with Gasteiger partial charge in [-0.1, -0.05) is 58.3 Å². The number of methoxy groups -OCH3 is 1. The molecule has 0 saturated heterocycles. The van der Waals surface area contributed by atoms with Crippen LogP contribution in [0.1, 0.15) is 128 Å². The first-order valence-corrected chi connectivity index (χ1v) is 19.5. The zero-order chi connectivity index (χ0) is 40.4. The molecule has 3 atom stereocenters. The number of nitrogens with one attached hydrogen (secondary N) is 3. The molecule has 14 nitrogen and oxygen atoms in total. The number of phenolic OH excluding ortho intramolecular Hbond substituents is 1. The van der Waals surface area contributed by atoms with Crippen LogP contribution in [-0.2, 0) is 39.9 Å². The molecule has 0 aromatic heterocycles. The van der Waals surface area contributed by atoms with Gasteiger partial charge >= 0.3 is 12.1 Å². The Balaban J connectivity index is 2.26. The van der Waals surface area contributed by atoms with Crippen LogP contribution in [0, 0.1) is 19.8 Å². The average Bonchev–Trinajstić information content (AvgIpc) is 3.10. The number of alkyl carbamates (subject to hydrolysis) is 1. The van der Waals surface area contributed by atoms with E-state index in [0.29, 0.717) is 38.5 Å². The molecule has 2 rings (SSSR count). The Morgan fingerprint density at radius 3 is 2.19 bits per heavy atom. The predicted octanol–water partition coefficient (Wildman–Crippen LogP) is 4.62. The highest BCUT2D eigenvalue weighted by Gasteiger charge is 2.35. The molecule has 0 aliphatic heterocycles. The van der Waals surface area contributed by atoms with Gasteiger partial charge in [0.1, 0.15) is 23.4 Å². The molecule has 5 amide bonds. The first-order valence-electron chi connectivity index (χ1n) is 19.5. The van der Waals surface area contributed by atoms with Gasteiger partial charge in [0.2, 0.25) is 17.7 Å². The number of imide groups is 1. The second kappa shape index (κ2) is 22.9. The van der Waals surface area contributed by atoms with Crippen LogP contribution >= 0.6 is 0 Å². The monoisotopic (exact) mass is 759 g/mol. The molecular formula is C40H65N5O9. The number of hydrogen-bond acceptors (Lipinski definition) is 10. The van der Waals surface area contributed by atoms with E-state index in [2.05, 4.69) is 16.0 Å². The van der Waals surface area contributed by atoms with Crippen molar-refractivity contribution in [3.05, 3.63) is 28.8 Å². The maximum absolute atomic E-state index is 14.0. The number of benzene rings is 1. The molecule has 0 heterocycles. The number of hydrogen-bond donors (Lipinski definition) is 5. The second-order valence-corrected chi connectivity index (χ2v) is 15.5. The summed E-state index contributed by atoms with van der Waals surface area (Å²) in [6, 6.07) is 0.274. The quantitative estimate of drug-likeness (QED) is 0.0921. The number of aryl methyl sites for hydroxylation is 2. The number of unbranched alkanes of at least 4 members (excludes halogenated alkanes) is 3. The predicted molar refractivity (Wildman–Crippen MR) is 205 cm³/mol. The molecular weight excluding hydrogens is 694 g/mol. The van der Waals surface area contributed by atoms with Gasteiger partial charge in [0, 0.05) is 13.0 Å². The van der Waals surface area contributed by atoms with Gasteiger partial charge in [-0.25, -0.2) is 4.79 Å². The molecule has 0 spiro atoms. The molecule has 1 fully saturated rings. The van der Waals surface area contributed by atoms with E-state index in [-0.39, 0.29) is 37.0 Å². The number of aromatic hydroxyl groups is 1. The molecule has 0 bridgehead atoms. The third-order valence-electron chi connectivity index (χ3n) is 9.75. The van der Waals surface area contributed by atoms with Crippen LogP contribution in [0.5, 0.6) is 5.75 Å². The van der Waals surface area contributed by atoms with Crippen molar-refractivity contribution in [3.8, 4) is 5.75 Å². The summed E-state index contributed by atoms with van der Waals surface area (Å²) in [5.41, 5.74) is 7.88. The van der Waals surface area contributed by atoms with Crippen molar-refractivity contribution in [2.45, 2.75) is 155 Å². The molecule has 1 aliphatic rings. The van der Waals surface area contributed by atoms with Crippen molar-refractivity contribution in [1.82, 2.24) is 20.9 Å². The highest BCUT2D eigenvalue weighted by molar-refractivity contribution is 5.98. The SMILES string of the molecule is CCCC[C@@H](NC(=O)C(N)Cc1c(C)cc(O)cc1C)C(=O)NCC(=O)N(CCCCCC(=O)OC)[C@@H](CC1CCCCC1)C(=O)NC(=O)OC(C)(C)C. The second-order valence-electron chi connectivity index (χ2n) is 15.5. The summed E-state index contributed by atoms with van der Waals surface area (Å²) in [7, 11) is 1.32. The van der Waals surface area contributed by atoms with E-state index >= 15 is 0 Å². The number of rotatable bonds is 20. The lowest BCUT2D eigenvalue weighted by Gasteiger charge is -2.34. The third-order valence-corrected chi connectivity index (χ3v) is 9.75. The molecule has 54 heavy (non-hydrogen) atoms. The fourth-order valence-electron chi connectivity index (χ4n) is 6.84. The molecule has 0 radical (unpaired) electrons. The van der Waals surface area contributed by atoms with Gasteiger partial charge < -0.3 is 35.8 Å². The summed E-state index contributed by atoms with van der Waals surface area (Å²) in [6.07, 6.45) is 7.99. The van der Waals surface area contributed by atoms with Crippen LogP contribution in [0.3, 0.4) is 0 Å². The number of nitrogens with two attached hydrogens (primary N) is 1. The first kappa shape index (κ1) is 46.0. The van der Waals surface area contributed by atoms with Gasteiger partial charge in [0.05, 0.1) is 19.7 Å². The van der Waals surface area contributed by atoms with E-state index in [0.717, 1.165) is 55.2 Å². The van der Waals surface area contributed by atoms with Gasteiger partial charge in [0.25, 0.3) is 5.91 Å². The number of amides is 5. The summed E-state index contributed by atoms with van der Waals surface area (Å²) >= 11 is 0. The van der Waals surface area contributed by atoms with E-state index in [1.165, 1.54) is 12.0 Å². The van der Waals surface area contributed by atoms with Crippen molar-refractivity contribution in [1.29, 1.82) is 0 Å². The normalized spacial score (nSPS) is 15.0. The van der Waals surface area contributed by atoms with Crippen LogP contribution in [0.25, 0.3) is 0 Å². The molecule has 1 saturated carbocycles. The van der Waals surface area contributed by atoms with Crippen molar-refractivity contribution < 1.29 is 43.3 Å². The van der Waals surface area contributed by atoms with Gasteiger partial charge in [-0.15, -0.1) is 0 Å². The highest BCUT2D eigenvalue weighted by atomic mass is 16.6. The largest absolute Gasteiger partial charge is 0.508 e. The average molecular weight is 760 g/mol. The van der Waals surface area contributed by atoms with Crippen molar-refractivity contribution >= 4 is 35.7 Å². The minimum absolute atomic E-state index is 0.124. The number of carbonyl (C=O) groups is 6. The molecule has 1 unspecified atom stereocenters. The van der Waals surface area contributed by atoms with Crippen LogP contribution in [0.4, 0.5) is 4.79 Å². The van der Waals surface area contributed by atoms with Crippen molar-refractivity contribution in [2.24, 2.45) is 11.7 Å². The number of esters is 1. The maximum Gasteiger partial charge on any atom is 0.414 e. The number of ether oxygens (including phenoxy) is 2. The lowest BCUT2D eigenvalue weighted by atomic mass is 9.84. The van der Waals surface area contributed by atoms with Crippen LogP contribution < -0.4 is 21.7 Å². The fourth-order valence-corrected chi connectivity index (χ4v) is 6.84. The molecule has 1 aliphatic carbocycles. The lowest BCUT2D eigenvalue weighted by molar-refractivity contribution is -0.142. The van der Waals surface area contributed by atoms with E-state index in [1.54, 1.807) is 32.9 Å². The fraction of sp³-hybridized carbons (Fsp3) is 0.700. The van der Waals surface area contributed by atoms with Crippen LogP contribution in [0.15, 0.2) is 12.1 Å². The summed E-state index contributed by atoms with van der Waals surface area (Å²) in [6.45, 7) is 10.4. The van der Waals surface area contributed by atoms with Crippen molar-refractivity contribution in [3.63, 3.8) is 0 Å². The van der Waals surface area contributed by atoms with E-state index < -0.39 is 60.0 Å². The van der Waals surface area contributed by atoms with Gasteiger partial charge in [-0.3, -0.25) is 29.3 Å². The highest BCUT2D eigenvalue weighted by Crippen LogP contribution is 2.29. The molecule has 6 N–H and O–H groups in total. The summed E-state index contributed by atoms with van der Waals surface area (Å²) in [5.74, 6) is -2.33. The van der Waals surface area contributed by atoms with E-state index in [4.69, 9.17) is 15.2 Å². The molecule has 1 aromatic carbocycles. The Morgan fingerprint density at radius 1 is 0.944 bits per heavy atom. The Kier molecular flexibility index (Phi) is 19.5. The summed E-state index contributed by atoms with van der Waals surface area (Å²) in [4.78, 5) is 80.5. The van der Waals surface area contributed by atoms with Crippen molar-refractivity contribution in [2.75, 3.05) is 20.2 Å². The topological polar surface area (TPSA) is 206 Å². The minimum Gasteiger partial charge on any atom is -0.508 e. The van der Waals surface area contributed by atoms with Gasteiger partial charge in [0.15, 0.2) is 0 Å². The zero-order valence-electron chi connectivity index (χ0n) is 33.5. The van der Waals surface area contributed by atoms with Gasteiger partial charge in [-0.05, 0) is 101 Å². The van der Waals surface area contributed by atoms with E-state index in [1.807, 2.05) is 20.8 Å². The standard InChI is InChI=1S/C40H65N5O9/c1-8-9-18-32(43-36(49)31(41)24-30-26(2)21-29(46)22-27(30)3)37(50)42-25-34(47)45(20-15-11-14-19-35(48)53-7)33(23-28-16-12-10-13-17-28)38(51)44-39(52)54-40(4,5)6/h21-22,28,31-33,46H,8-20,23-25,41H2,1-7H3,(H,42,50)(H,43,49)(H,44,51,52)/t31?,32-,33+/m1/s1. The smallest absolute Gasteiger partial charge is 0.414 e. The number of carbonyl (C=O) groups excluding carboxylic acids is 6. The van der Waals surface area contributed by atoms with E-state index in [9.17, 15) is 33.9 Å². The zero-order valence-corrected chi connectivity index (χ0v) is 33.5. The number of nitrogens with zero attached hydrogens (tertiary/aromatic N) is 1. The first-order chi connectivity index (χ1) is 25.4. The van der Waals surface area contributed by atoms with Crippen LogP contribution in [0.2, 0.25) is 0 Å². The Hall–Kier alpha value is -4.20. The molecule has 304 valence electrons. The van der Waals surface area contributed by atoms with Gasteiger partial charge in [-0.2, -0.15) is 0 Å². The molecule has 14 heteroatoms. The Labute approximate surface area is 321 Å². The summed E-state index contributed by atoms with van der Waals surface area (Å²) < 4.78 is 10.1. The summed E-state index contributed by atoms with van der Waals surface area (Å²) in [5, 5.41) is 17.7. The molecule has 1 aromatic rings. The number of phenols is 1. The lowest BCUT2D eigenvalue weighted by Crippen LogP contribution is -2.56. The maximum atomic E-state index is 14.0. The van der Waals surface area contributed by atoms with Crippen LogP contribution in [-0.4, -0.2) is 89.6 Å². The minimum atomic E-state index is -1.01. The Morgan fingerprint density at radius 2 is 1.59 bits per heavy atom.